The molecule has 4 N–H and O–H groups in total. The number of carbonyl (C=O) groups excluding carboxylic acids is 4. The number of thiol groups is 1. The first-order valence-electron chi connectivity index (χ1n) is 17.7. The second kappa shape index (κ2) is 18.4. The summed E-state index contributed by atoms with van der Waals surface area (Å²) in [7, 11) is 0. The zero-order valence-corrected chi connectivity index (χ0v) is 29.4. The van der Waals surface area contributed by atoms with E-state index in [1.54, 1.807) is 4.90 Å². The highest BCUT2D eigenvalue weighted by molar-refractivity contribution is 7.82. The van der Waals surface area contributed by atoms with Gasteiger partial charge in [0.2, 0.25) is 23.6 Å². The van der Waals surface area contributed by atoms with Gasteiger partial charge in [0, 0.05) is 51.9 Å². The Kier molecular flexibility index (Phi) is 13.8. The average molecular weight is 694 g/mol. The normalized spacial score (nSPS) is 24.5. The van der Waals surface area contributed by atoms with Crippen LogP contribution in [0, 0.1) is 12.8 Å². The van der Waals surface area contributed by atoms with Crippen LogP contribution in [0.3, 0.4) is 0 Å². The second-order valence-electron chi connectivity index (χ2n) is 13.4. The van der Waals surface area contributed by atoms with E-state index in [1.807, 2.05) is 55.5 Å². The molecule has 2 fully saturated rings. The summed E-state index contributed by atoms with van der Waals surface area (Å²) in [5.74, 6) is -0.698. The van der Waals surface area contributed by atoms with E-state index in [-0.39, 0.29) is 42.6 Å². The number of carbonyl (C=O) groups is 4. The van der Waals surface area contributed by atoms with Crippen molar-refractivity contribution >= 4 is 36.3 Å². The predicted octanol–water partition coefficient (Wildman–Crippen LogP) is 2.69. The van der Waals surface area contributed by atoms with Gasteiger partial charge in [-0.1, -0.05) is 36.4 Å². The highest BCUT2D eigenvalue weighted by Gasteiger charge is 2.38. The first kappa shape index (κ1) is 36.7. The number of piperidine rings is 1. The van der Waals surface area contributed by atoms with Crippen LogP contribution in [0.15, 0.2) is 48.5 Å². The van der Waals surface area contributed by atoms with Gasteiger partial charge in [-0.3, -0.25) is 19.2 Å². The van der Waals surface area contributed by atoms with Crippen LogP contribution in [0.1, 0.15) is 61.6 Å². The standard InChI is InChI=1S/C37H51N5O6S/c1-25-9-11-30-22-28(25)23-39-35(44)31(12-10-26-6-3-2-4-7-26)40-36(45)33(41-32(43)13-17-38-29-15-19-47-20-16-29)34(49)37(46)42-18-5-8-27(24-42)14-21-48-30/h2-4,6-7,9,11,22,27,29,31,33-34,38,49H,5,8,10,12-21,23-24H2,1H3,(H,39,44)(H,40,45)(H,41,43)/t27?,31-,33-,34?/m0/s1. The summed E-state index contributed by atoms with van der Waals surface area (Å²) in [6.07, 6.45) is 5.30. The van der Waals surface area contributed by atoms with Crippen molar-refractivity contribution in [3.63, 3.8) is 0 Å². The van der Waals surface area contributed by atoms with Crippen LogP contribution in [-0.2, 0) is 36.9 Å². The number of fused-ring (bicyclic) bond motifs is 4. The first-order valence-corrected chi connectivity index (χ1v) is 18.2. The lowest BCUT2D eigenvalue weighted by molar-refractivity contribution is -0.137. The summed E-state index contributed by atoms with van der Waals surface area (Å²) in [6.45, 7) is 5.61. The maximum Gasteiger partial charge on any atom is 0.244 e. The molecule has 3 aliphatic heterocycles. The Labute approximate surface area is 295 Å². The molecule has 4 amide bonds. The van der Waals surface area contributed by atoms with Crippen molar-refractivity contribution in [2.45, 2.75) is 88.2 Å². The lowest BCUT2D eigenvalue weighted by Crippen LogP contribution is -2.60. The van der Waals surface area contributed by atoms with Crippen LogP contribution >= 0.6 is 12.6 Å². The number of nitrogens with zero attached hydrogens (tertiary/aromatic N) is 1. The first-order chi connectivity index (χ1) is 23.8. The monoisotopic (exact) mass is 693 g/mol. The van der Waals surface area contributed by atoms with Crippen molar-refractivity contribution in [1.29, 1.82) is 0 Å². The smallest absolute Gasteiger partial charge is 0.244 e. The number of nitrogens with one attached hydrogen (secondary N) is 4. The zero-order valence-electron chi connectivity index (χ0n) is 28.5. The number of hydrogen-bond acceptors (Lipinski definition) is 8. The van der Waals surface area contributed by atoms with Crippen molar-refractivity contribution in [2.24, 2.45) is 5.92 Å². The summed E-state index contributed by atoms with van der Waals surface area (Å²) in [5, 5.41) is 11.0. The van der Waals surface area contributed by atoms with Gasteiger partial charge in [0.05, 0.1) is 6.61 Å². The van der Waals surface area contributed by atoms with Gasteiger partial charge in [0.1, 0.15) is 23.1 Å². The van der Waals surface area contributed by atoms with E-state index < -0.39 is 23.2 Å². The molecule has 0 aliphatic carbocycles. The molecule has 2 aromatic carbocycles. The number of aryl methyl sites for hydroxylation is 2. The number of hydrogen-bond donors (Lipinski definition) is 5. The molecule has 4 atom stereocenters. The van der Waals surface area contributed by atoms with E-state index in [1.165, 1.54) is 0 Å². The van der Waals surface area contributed by atoms with Gasteiger partial charge >= 0.3 is 0 Å². The lowest BCUT2D eigenvalue weighted by atomic mass is 9.94. The largest absolute Gasteiger partial charge is 0.494 e. The van der Waals surface area contributed by atoms with Crippen molar-refractivity contribution in [1.82, 2.24) is 26.2 Å². The van der Waals surface area contributed by atoms with E-state index in [4.69, 9.17) is 9.47 Å². The average Bonchev–Trinajstić information content (AvgIpc) is 3.12. The van der Waals surface area contributed by atoms with Crippen LogP contribution in [0.25, 0.3) is 0 Å². The molecule has 5 rings (SSSR count). The minimum Gasteiger partial charge on any atom is -0.494 e. The molecular formula is C37H51N5O6S. The summed E-state index contributed by atoms with van der Waals surface area (Å²) >= 11 is 4.68. The maximum atomic E-state index is 14.1. The Morgan fingerprint density at radius 3 is 2.59 bits per heavy atom. The molecule has 0 saturated carbocycles. The molecule has 266 valence electrons. The minimum absolute atomic E-state index is 0.123. The zero-order chi connectivity index (χ0) is 34.6. The van der Waals surface area contributed by atoms with Crippen LogP contribution in [0.5, 0.6) is 5.75 Å². The quantitative estimate of drug-likeness (QED) is 0.268. The van der Waals surface area contributed by atoms with Crippen molar-refractivity contribution in [3.8, 4) is 5.75 Å². The van der Waals surface area contributed by atoms with Crippen LogP contribution < -0.4 is 26.0 Å². The third-order valence-corrected chi connectivity index (χ3v) is 10.3. The minimum atomic E-state index is -1.28. The second-order valence-corrected chi connectivity index (χ2v) is 14.0. The Balaban J connectivity index is 1.37. The van der Waals surface area contributed by atoms with E-state index >= 15 is 0 Å². The summed E-state index contributed by atoms with van der Waals surface area (Å²) in [5.41, 5.74) is 2.96. The van der Waals surface area contributed by atoms with Crippen molar-refractivity contribution in [2.75, 3.05) is 39.5 Å². The molecular weight excluding hydrogens is 643 g/mol. The van der Waals surface area contributed by atoms with Crippen LogP contribution in [0.2, 0.25) is 0 Å². The van der Waals surface area contributed by atoms with E-state index in [2.05, 4.69) is 33.9 Å². The van der Waals surface area contributed by atoms with Gasteiger partial charge in [-0.2, -0.15) is 12.6 Å². The molecule has 4 bridgehead atoms. The Bertz CT molecular complexity index is 1420. The van der Waals surface area contributed by atoms with Gasteiger partial charge in [-0.25, -0.2) is 0 Å². The molecule has 0 radical (unpaired) electrons. The number of amides is 4. The van der Waals surface area contributed by atoms with Crippen molar-refractivity contribution < 1.29 is 28.7 Å². The molecule has 2 aromatic rings. The van der Waals surface area contributed by atoms with E-state index in [0.717, 1.165) is 54.5 Å². The number of benzene rings is 2. The van der Waals surface area contributed by atoms with E-state index in [9.17, 15) is 19.2 Å². The third-order valence-electron chi connectivity index (χ3n) is 9.77. The lowest BCUT2D eigenvalue weighted by Gasteiger charge is -2.36. The molecule has 49 heavy (non-hydrogen) atoms. The highest BCUT2D eigenvalue weighted by atomic mass is 32.1. The van der Waals surface area contributed by atoms with Gasteiger partial charge < -0.3 is 35.6 Å². The van der Waals surface area contributed by atoms with Gasteiger partial charge in [0.15, 0.2) is 0 Å². The third kappa shape index (κ3) is 10.9. The Hall–Kier alpha value is -3.61. The SMILES string of the molecule is Cc1ccc2cc1CNC(=O)[C@H](CCc1ccccc1)NC(=O)[C@@H](NC(=O)CCNC1CCOCC1)C(S)C(=O)N1CCCC(CCO2)C1. The fourth-order valence-corrected chi connectivity index (χ4v) is 7.09. The Morgan fingerprint density at radius 1 is 1.00 bits per heavy atom. The molecule has 0 spiro atoms. The maximum absolute atomic E-state index is 14.1. The Morgan fingerprint density at radius 2 is 1.80 bits per heavy atom. The van der Waals surface area contributed by atoms with Crippen molar-refractivity contribution in [3.05, 3.63) is 65.2 Å². The van der Waals surface area contributed by atoms with Gasteiger partial charge in [-0.05, 0) is 86.6 Å². The predicted molar refractivity (Wildman–Crippen MR) is 190 cm³/mol. The van der Waals surface area contributed by atoms with Crippen LogP contribution in [0.4, 0.5) is 0 Å². The summed E-state index contributed by atoms with van der Waals surface area (Å²) in [4.78, 5) is 56.7. The molecule has 2 saturated heterocycles. The summed E-state index contributed by atoms with van der Waals surface area (Å²) < 4.78 is 11.5. The molecule has 12 heteroatoms. The topological polar surface area (TPSA) is 138 Å². The molecule has 11 nitrogen and oxygen atoms in total. The van der Waals surface area contributed by atoms with Gasteiger partial charge in [-0.15, -0.1) is 0 Å². The highest BCUT2D eigenvalue weighted by Crippen LogP contribution is 2.24. The molecule has 0 aromatic heterocycles. The van der Waals surface area contributed by atoms with E-state index in [0.29, 0.717) is 52.3 Å². The molecule has 2 unspecified atom stereocenters. The fraction of sp³-hybridized carbons (Fsp3) is 0.568. The molecule has 3 aliphatic rings. The fourth-order valence-electron chi connectivity index (χ4n) is 6.72. The number of rotatable bonds is 8. The molecule has 3 heterocycles. The van der Waals surface area contributed by atoms with Crippen LogP contribution in [-0.4, -0.2) is 91.4 Å². The van der Waals surface area contributed by atoms with Gasteiger partial charge in [0.25, 0.3) is 0 Å². The summed E-state index contributed by atoms with van der Waals surface area (Å²) in [6, 6.07) is 13.7. The number of ether oxygens (including phenoxy) is 2.